The van der Waals surface area contributed by atoms with Crippen LogP contribution in [0.3, 0.4) is 0 Å². The Balaban J connectivity index is 1.44. The van der Waals surface area contributed by atoms with Crippen molar-refractivity contribution in [3.05, 3.63) is 158 Å². The maximum Gasteiger partial charge on any atom is 0.238 e. The molecule has 0 bridgehead atoms. The number of hydrogen-bond acceptors (Lipinski definition) is 5. The molecule has 0 radical (unpaired) electrons. The minimum atomic E-state index is 0.525. The lowest BCUT2D eigenvalue weighted by atomic mass is 10.2. The Hall–Kier alpha value is -6.93. The molecule has 8 heteroatoms. The van der Waals surface area contributed by atoms with Crippen LogP contribution in [0.1, 0.15) is 0 Å². The van der Waals surface area contributed by atoms with Gasteiger partial charge in [0.15, 0.2) is 11.6 Å². The Morgan fingerprint density at radius 3 is 1.33 bits per heavy atom. The van der Waals surface area contributed by atoms with Crippen molar-refractivity contribution in [3.8, 4) is 40.4 Å². The Bertz CT molecular complexity index is 2740. The van der Waals surface area contributed by atoms with Crippen molar-refractivity contribution < 1.29 is 0 Å². The summed E-state index contributed by atoms with van der Waals surface area (Å²) >= 11 is 0. The highest BCUT2D eigenvalue weighted by atomic mass is 15.2. The van der Waals surface area contributed by atoms with E-state index < -0.39 is 0 Å². The normalized spacial score (nSPS) is 11.7. The quantitative estimate of drug-likeness (QED) is 0.190. The van der Waals surface area contributed by atoms with Crippen LogP contribution in [-0.2, 0) is 0 Å². The minimum absolute atomic E-state index is 0.525. The van der Waals surface area contributed by atoms with Gasteiger partial charge < -0.3 is 4.57 Å². The molecule has 0 N–H and O–H groups in total. The van der Waals surface area contributed by atoms with Crippen LogP contribution in [-0.4, -0.2) is 38.6 Å². The SMILES string of the molecule is c1ccc(-c2nc(-c3ccccc3)nc(-n3c4ccccc4c4c3c3c(c5ccccc5n3-c3ncccn3)n4-c3ccccc3)n2)cc1. The molecule has 0 unspecified atom stereocenters. The molecule has 0 aliphatic heterocycles. The van der Waals surface area contributed by atoms with Gasteiger partial charge in [-0.1, -0.05) is 115 Å². The van der Waals surface area contributed by atoms with E-state index in [0.717, 1.165) is 60.7 Å². The van der Waals surface area contributed by atoms with Crippen LogP contribution in [0.5, 0.6) is 0 Å². The molecular weight excluding hydrogens is 605 g/mol. The number of nitrogens with zero attached hydrogens (tertiary/aromatic N) is 8. The van der Waals surface area contributed by atoms with Gasteiger partial charge in [0.1, 0.15) is 11.0 Å². The van der Waals surface area contributed by atoms with Crippen molar-refractivity contribution >= 4 is 43.9 Å². The Labute approximate surface area is 280 Å². The first kappa shape index (κ1) is 27.2. The van der Waals surface area contributed by atoms with Crippen molar-refractivity contribution in [2.45, 2.75) is 0 Å². The van der Waals surface area contributed by atoms with Crippen molar-refractivity contribution in [3.63, 3.8) is 0 Å². The number of aromatic nitrogens is 8. The second-order valence-corrected chi connectivity index (χ2v) is 11.8. The van der Waals surface area contributed by atoms with E-state index in [0.29, 0.717) is 23.5 Å². The molecule has 5 heterocycles. The molecule has 0 aliphatic rings. The number of para-hydroxylation sites is 3. The summed E-state index contributed by atoms with van der Waals surface area (Å²) in [5, 5.41) is 2.16. The van der Waals surface area contributed by atoms with Crippen LogP contribution < -0.4 is 0 Å². The fraction of sp³-hybridized carbons (Fsp3) is 0. The van der Waals surface area contributed by atoms with E-state index in [1.807, 2.05) is 72.8 Å². The van der Waals surface area contributed by atoms with Crippen LogP contribution in [0.25, 0.3) is 84.2 Å². The zero-order valence-corrected chi connectivity index (χ0v) is 26.1. The largest absolute Gasteiger partial charge is 0.305 e. The second-order valence-electron chi connectivity index (χ2n) is 11.8. The summed E-state index contributed by atoms with van der Waals surface area (Å²) < 4.78 is 6.72. The summed E-state index contributed by atoms with van der Waals surface area (Å²) in [6, 6.07) is 49.4. The lowest BCUT2D eigenvalue weighted by Crippen LogP contribution is -2.07. The summed E-state index contributed by atoms with van der Waals surface area (Å²) in [5.74, 6) is 2.31. The van der Waals surface area contributed by atoms with E-state index in [1.54, 1.807) is 12.4 Å². The first-order valence-corrected chi connectivity index (χ1v) is 16.1. The summed E-state index contributed by atoms with van der Waals surface area (Å²) in [5.41, 5.74) is 8.88. The lowest BCUT2D eigenvalue weighted by Gasteiger charge is -2.11. The third-order valence-corrected chi connectivity index (χ3v) is 9.02. The van der Waals surface area contributed by atoms with Crippen molar-refractivity contribution in [2.24, 2.45) is 0 Å². The predicted molar refractivity (Wildman–Crippen MR) is 194 cm³/mol. The van der Waals surface area contributed by atoms with Gasteiger partial charge in [0.05, 0.1) is 22.1 Å². The van der Waals surface area contributed by atoms with Gasteiger partial charge in [0.2, 0.25) is 11.9 Å². The maximum atomic E-state index is 5.21. The molecule has 0 saturated carbocycles. The van der Waals surface area contributed by atoms with E-state index >= 15 is 0 Å². The minimum Gasteiger partial charge on any atom is -0.305 e. The summed E-state index contributed by atoms with van der Waals surface area (Å²) in [6.45, 7) is 0. The zero-order valence-electron chi connectivity index (χ0n) is 26.1. The fourth-order valence-electron chi connectivity index (χ4n) is 7.00. The van der Waals surface area contributed by atoms with Crippen LogP contribution in [0, 0.1) is 0 Å². The first-order chi connectivity index (χ1) is 24.3. The lowest BCUT2D eigenvalue weighted by molar-refractivity contribution is 0.949. The zero-order chi connectivity index (χ0) is 32.3. The van der Waals surface area contributed by atoms with Crippen molar-refractivity contribution in [1.29, 1.82) is 0 Å². The molecule has 8 nitrogen and oxygen atoms in total. The van der Waals surface area contributed by atoms with Gasteiger partial charge in [-0.2, -0.15) is 9.97 Å². The van der Waals surface area contributed by atoms with Gasteiger partial charge in [-0.25, -0.2) is 15.0 Å². The third kappa shape index (κ3) is 4.14. The third-order valence-electron chi connectivity index (χ3n) is 9.02. The van der Waals surface area contributed by atoms with E-state index in [-0.39, 0.29) is 0 Å². The molecule has 5 aromatic heterocycles. The van der Waals surface area contributed by atoms with Crippen LogP contribution in [0.15, 0.2) is 158 Å². The molecule has 49 heavy (non-hydrogen) atoms. The molecule has 230 valence electrons. The Kier molecular flexibility index (Phi) is 6.01. The number of hydrogen-bond donors (Lipinski definition) is 0. The highest BCUT2D eigenvalue weighted by molar-refractivity contribution is 6.25. The average molecular weight is 631 g/mol. The van der Waals surface area contributed by atoms with Gasteiger partial charge in [0.25, 0.3) is 0 Å². The Morgan fingerprint density at radius 1 is 0.347 bits per heavy atom. The summed E-state index contributed by atoms with van der Waals surface area (Å²) in [4.78, 5) is 24.9. The van der Waals surface area contributed by atoms with Crippen molar-refractivity contribution in [1.82, 2.24) is 38.6 Å². The molecule has 0 amide bonds. The molecule has 10 aromatic rings. The number of benzene rings is 5. The highest BCUT2D eigenvalue weighted by Gasteiger charge is 2.29. The summed E-state index contributed by atoms with van der Waals surface area (Å²) in [6.07, 6.45) is 3.57. The molecule has 0 saturated heterocycles. The molecule has 0 spiro atoms. The second kappa shape index (κ2) is 10.8. The van der Waals surface area contributed by atoms with E-state index in [1.165, 1.54) is 0 Å². The van der Waals surface area contributed by atoms with Gasteiger partial charge in [-0.15, -0.1) is 0 Å². The van der Waals surface area contributed by atoms with Gasteiger partial charge in [-0.05, 0) is 30.3 Å². The van der Waals surface area contributed by atoms with E-state index in [9.17, 15) is 0 Å². The maximum absolute atomic E-state index is 5.21. The molecular formula is C41H26N8. The Morgan fingerprint density at radius 2 is 0.796 bits per heavy atom. The summed E-state index contributed by atoms with van der Waals surface area (Å²) in [7, 11) is 0. The van der Waals surface area contributed by atoms with Gasteiger partial charge in [-0.3, -0.25) is 9.13 Å². The van der Waals surface area contributed by atoms with Gasteiger partial charge in [0, 0.05) is 40.0 Å². The van der Waals surface area contributed by atoms with Crippen LogP contribution in [0.2, 0.25) is 0 Å². The average Bonchev–Trinajstić information content (AvgIpc) is 3.81. The van der Waals surface area contributed by atoms with E-state index in [4.69, 9.17) is 24.9 Å². The first-order valence-electron chi connectivity index (χ1n) is 16.1. The number of rotatable bonds is 5. The van der Waals surface area contributed by atoms with Crippen LogP contribution in [0.4, 0.5) is 0 Å². The monoisotopic (exact) mass is 630 g/mol. The smallest absolute Gasteiger partial charge is 0.238 e. The fourth-order valence-corrected chi connectivity index (χ4v) is 7.00. The molecule has 0 aliphatic carbocycles. The topological polar surface area (TPSA) is 79.2 Å². The van der Waals surface area contributed by atoms with E-state index in [2.05, 4.69) is 86.5 Å². The molecule has 10 rings (SSSR count). The van der Waals surface area contributed by atoms with Crippen molar-refractivity contribution in [2.75, 3.05) is 0 Å². The highest BCUT2D eigenvalue weighted by Crippen LogP contribution is 2.44. The standard InChI is InChI=1S/C41H26N8/c1-4-15-27(16-5-1)38-44-39(28-17-6-2-7-18-28)46-41(45-38)49-33-24-13-11-22-31(33)35-37(49)36-34(47(35)29-19-8-3-9-20-29)30-21-10-12-23-32(30)48(36)40-42-25-14-26-43-40/h1-26H. The number of fused-ring (bicyclic) bond motifs is 7. The molecule has 0 fully saturated rings. The predicted octanol–water partition coefficient (Wildman–Crippen LogP) is 8.98. The van der Waals surface area contributed by atoms with Crippen LogP contribution >= 0.6 is 0 Å². The molecule has 5 aromatic carbocycles. The molecule has 0 atom stereocenters. The van der Waals surface area contributed by atoms with Gasteiger partial charge >= 0.3 is 0 Å².